The molecule has 0 bridgehead atoms. The van der Waals surface area contributed by atoms with Gasteiger partial charge in [-0.25, -0.2) is 14.6 Å². The number of halogens is 2. The number of H-pyrrole nitrogens is 1. The number of rotatable bonds is 7. The summed E-state index contributed by atoms with van der Waals surface area (Å²) in [5, 5.41) is 11.9. The second-order valence-electron chi connectivity index (χ2n) is 6.11. The fourth-order valence-electron chi connectivity index (χ4n) is 2.91. The first kappa shape index (κ1) is 19.9. The molecule has 2 heterocycles. The van der Waals surface area contributed by atoms with Gasteiger partial charge in [-0.15, -0.1) is 0 Å². The Balaban J connectivity index is 2.00. The maximum atomic E-state index is 11.6. The van der Waals surface area contributed by atoms with Crippen LogP contribution >= 0.6 is 34.2 Å². The molecule has 0 atom stereocenters. The Labute approximate surface area is 175 Å². The normalized spacial score (nSPS) is 11.1. The molecule has 3 rings (SSSR count). The monoisotopic (exact) mass is 501 g/mol. The third kappa shape index (κ3) is 4.21. The number of hydrogen-bond acceptors (Lipinski definition) is 4. The summed E-state index contributed by atoms with van der Waals surface area (Å²) in [6, 6.07) is 5.73. The van der Waals surface area contributed by atoms with Gasteiger partial charge in [0.05, 0.1) is 12.1 Å². The molecule has 0 aliphatic heterocycles. The lowest BCUT2D eigenvalue weighted by atomic mass is 10.1. The van der Waals surface area contributed by atoms with Gasteiger partial charge in [0.2, 0.25) is 5.88 Å². The van der Waals surface area contributed by atoms with Gasteiger partial charge >= 0.3 is 5.69 Å². The number of benzene rings is 1. The molecule has 0 saturated carbocycles. The van der Waals surface area contributed by atoms with Crippen LogP contribution in [0.2, 0.25) is 5.02 Å². The van der Waals surface area contributed by atoms with Crippen LogP contribution in [0.25, 0.3) is 0 Å². The van der Waals surface area contributed by atoms with Crippen LogP contribution in [0, 0.1) is 0 Å². The number of aryl methyl sites for hydroxylation is 1. The summed E-state index contributed by atoms with van der Waals surface area (Å²) in [5.41, 5.74) is 2.72. The summed E-state index contributed by atoms with van der Waals surface area (Å²) in [6.07, 6.45) is 1.21. The smallest absolute Gasteiger partial charge is 0.343 e. The third-order valence-electron chi connectivity index (χ3n) is 4.33. The molecule has 0 saturated heterocycles. The fraction of sp³-hybridized carbons (Fsp3) is 0.389. The molecule has 1 aromatic carbocycles. The maximum absolute atomic E-state index is 11.6. The van der Waals surface area contributed by atoms with Gasteiger partial charge in [-0.3, -0.25) is 4.57 Å². The molecular formula is C18H21ClIN5O2. The molecule has 0 aliphatic carbocycles. The molecule has 0 unspecified atom stereocenters. The second-order valence-corrected chi connectivity index (χ2v) is 7.31. The fourth-order valence-corrected chi connectivity index (χ4v) is 3.60. The van der Waals surface area contributed by atoms with Crippen LogP contribution in [-0.4, -0.2) is 24.5 Å². The number of aromatic amines is 1. The summed E-state index contributed by atoms with van der Waals surface area (Å²) in [7, 11) is 1.69. The van der Waals surface area contributed by atoms with Gasteiger partial charge in [0.1, 0.15) is 11.6 Å². The van der Waals surface area contributed by atoms with E-state index in [0.29, 0.717) is 35.4 Å². The molecule has 9 heteroatoms. The van der Waals surface area contributed by atoms with Gasteiger partial charge < -0.3 is 4.74 Å². The molecule has 2 aromatic heterocycles. The van der Waals surface area contributed by atoms with Crippen molar-refractivity contribution in [2.75, 3.05) is 0 Å². The van der Waals surface area contributed by atoms with Crippen LogP contribution in [0.5, 0.6) is 11.6 Å². The van der Waals surface area contributed by atoms with Crippen molar-refractivity contribution in [3.8, 4) is 11.6 Å². The number of hydrogen-bond donors (Lipinski definition) is 1. The minimum atomic E-state index is -0.236. The molecular weight excluding hydrogens is 481 g/mol. The predicted molar refractivity (Wildman–Crippen MR) is 113 cm³/mol. The average Bonchev–Trinajstić information content (AvgIpc) is 3.15. The highest BCUT2D eigenvalue weighted by atomic mass is 127. The highest BCUT2D eigenvalue weighted by Gasteiger charge is 2.20. The van der Waals surface area contributed by atoms with Gasteiger partial charge in [-0.1, -0.05) is 41.1 Å². The topological polar surface area (TPSA) is 77.7 Å². The first-order valence-electron chi connectivity index (χ1n) is 8.68. The van der Waals surface area contributed by atoms with E-state index in [-0.39, 0.29) is 5.69 Å². The van der Waals surface area contributed by atoms with Crippen LogP contribution in [0.1, 0.15) is 36.5 Å². The first-order valence-corrected chi connectivity index (χ1v) is 10.6. The first-order chi connectivity index (χ1) is 13.0. The molecule has 3 aromatic rings. The quantitative estimate of drug-likeness (QED) is 0.394. The van der Waals surface area contributed by atoms with Crippen molar-refractivity contribution in [1.82, 2.24) is 24.5 Å². The zero-order valence-electron chi connectivity index (χ0n) is 15.4. The van der Waals surface area contributed by atoms with E-state index in [1.807, 2.05) is 23.7 Å². The van der Waals surface area contributed by atoms with E-state index in [2.05, 4.69) is 39.7 Å². The van der Waals surface area contributed by atoms with E-state index < -0.39 is 0 Å². The zero-order valence-corrected chi connectivity index (χ0v) is 18.3. The summed E-state index contributed by atoms with van der Waals surface area (Å²) in [5.74, 6) is 2.03. The van der Waals surface area contributed by atoms with E-state index in [4.69, 9.17) is 21.4 Å². The zero-order chi connectivity index (χ0) is 19.6. The number of nitrogens with zero attached hydrogens (tertiary/aromatic N) is 4. The van der Waals surface area contributed by atoms with Gasteiger partial charge in [0, 0.05) is 28.6 Å². The number of ether oxygens (including phenoxy) is 1. The number of nitrogens with one attached hydrogen (secondary N) is 1. The van der Waals surface area contributed by atoms with E-state index in [1.165, 1.54) is 4.57 Å². The predicted octanol–water partition coefficient (Wildman–Crippen LogP) is 3.86. The lowest BCUT2D eigenvalue weighted by Gasteiger charge is -2.11. The summed E-state index contributed by atoms with van der Waals surface area (Å²) in [6.45, 7) is 4.74. The molecule has 0 fully saturated rings. The lowest BCUT2D eigenvalue weighted by molar-refractivity contribution is 0.412. The molecule has 0 radical (unpaired) electrons. The Bertz CT molecular complexity index is 1010. The standard InChI is InChI=1S/C18H21ClIN5O2/c1-4-14-15(9-16-21-22-18(26)24(16)3)23-25(5-2)17(14)27-13-7-11(10-20)6-12(19)8-13/h6-8H,4-5,9-10H2,1-3H3,(H,22,26). The van der Waals surface area contributed by atoms with Crippen molar-refractivity contribution in [1.29, 1.82) is 0 Å². The largest absolute Gasteiger partial charge is 0.439 e. The van der Waals surface area contributed by atoms with Crippen molar-refractivity contribution in [3.63, 3.8) is 0 Å². The minimum Gasteiger partial charge on any atom is -0.439 e. The second kappa shape index (κ2) is 8.47. The summed E-state index contributed by atoms with van der Waals surface area (Å²) in [4.78, 5) is 11.6. The Hall–Kier alpha value is -1.81. The van der Waals surface area contributed by atoms with Crippen molar-refractivity contribution in [2.24, 2.45) is 7.05 Å². The number of alkyl halides is 1. The molecule has 0 amide bonds. The summed E-state index contributed by atoms with van der Waals surface area (Å²) >= 11 is 8.52. The van der Waals surface area contributed by atoms with Crippen molar-refractivity contribution >= 4 is 34.2 Å². The van der Waals surface area contributed by atoms with Crippen molar-refractivity contribution in [2.45, 2.75) is 37.7 Å². The third-order valence-corrected chi connectivity index (χ3v) is 5.43. The Morgan fingerprint density at radius 2 is 2.07 bits per heavy atom. The van der Waals surface area contributed by atoms with Crippen LogP contribution in [-0.2, 0) is 30.9 Å². The molecule has 7 nitrogen and oxygen atoms in total. The Morgan fingerprint density at radius 3 is 2.67 bits per heavy atom. The van der Waals surface area contributed by atoms with Crippen molar-refractivity contribution in [3.05, 3.63) is 56.4 Å². The average molecular weight is 502 g/mol. The highest BCUT2D eigenvalue weighted by Crippen LogP contribution is 2.32. The number of aromatic nitrogens is 5. The van der Waals surface area contributed by atoms with Crippen molar-refractivity contribution < 1.29 is 4.74 Å². The highest BCUT2D eigenvalue weighted by molar-refractivity contribution is 14.1. The summed E-state index contributed by atoms with van der Waals surface area (Å²) < 4.78 is 10.4. The minimum absolute atomic E-state index is 0.236. The van der Waals surface area contributed by atoms with E-state index in [0.717, 1.165) is 27.7 Å². The van der Waals surface area contributed by atoms with Crippen LogP contribution in [0.4, 0.5) is 0 Å². The molecule has 0 aliphatic rings. The van der Waals surface area contributed by atoms with Gasteiger partial charge in [0.25, 0.3) is 0 Å². The van der Waals surface area contributed by atoms with Gasteiger partial charge in [0.15, 0.2) is 0 Å². The Morgan fingerprint density at radius 1 is 1.30 bits per heavy atom. The van der Waals surface area contributed by atoms with Crippen LogP contribution in [0.15, 0.2) is 23.0 Å². The molecule has 0 spiro atoms. The Kier molecular flexibility index (Phi) is 6.25. The molecule has 144 valence electrons. The van der Waals surface area contributed by atoms with Crippen LogP contribution in [0.3, 0.4) is 0 Å². The van der Waals surface area contributed by atoms with Gasteiger partial charge in [-0.05, 0) is 37.1 Å². The lowest BCUT2D eigenvalue weighted by Crippen LogP contribution is -2.15. The van der Waals surface area contributed by atoms with E-state index in [1.54, 1.807) is 13.1 Å². The van der Waals surface area contributed by atoms with E-state index >= 15 is 0 Å². The van der Waals surface area contributed by atoms with Crippen LogP contribution < -0.4 is 10.4 Å². The molecule has 1 N–H and O–H groups in total. The maximum Gasteiger partial charge on any atom is 0.343 e. The SMILES string of the molecule is CCc1c(Cc2n[nH]c(=O)n2C)nn(CC)c1Oc1cc(Cl)cc(CI)c1. The van der Waals surface area contributed by atoms with E-state index in [9.17, 15) is 4.79 Å². The van der Waals surface area contributed by atoms with Gasteiger partial charge in [-0.2, -0.15) is 10.2 Å². The molecule has 27 heavy (non-hydrogen) atoms.